The Morgan fingerprint density at radius 1 is 1.19 bits per heavy atom. The van der Waals surface area contributed by atoms with Crippen LogP contribution in [0.25, 0.3) is 0 Å². The zero-order chi connectivity index (χ0) is 15.2. The first kappa shape index (κ1) is 16.4. The maximum atomic E-state index is 6.56. The summed E-state index contributed by atoms with van der Waals surface area (Å²) in [7, 11) is 0. The number of alkyl halides is 1. The van der Waals surface area contributed by atoms with E-state index in [0.29, 0.717) is 0 Å². The zero-order valence-corrected chi connectivity index (χ0v) is 14.7. The number of halogens is 2. The lowest BCUT2D eigenvalue weighted by atomic mass is 10.0. The highest BCUT2D eigenvalue weighted by Crippen LogP contribution is 2.32. The zero-order valence-electron chi connectivity index (χ0n) is 12.4. The summed E-state index contributed by atoms with van der Waals surface area (Å²) in [5, 5.41) is -0.0386. The van der Waals surface area contributed by atoms with Gasteiger partial charge in [-0.3, -0.25) is 0 Å². The minimum absolute atomic E-state index is 0.0386. The maximum Gasteiger partial charge on any atom is 0.133 e. The fourth-order valence-electron chi connectivity index (χ4n) is 2.20. The third-order valence-corrected chi connectivity index (χ3v) is 4.30. The van der Waals surface area contributed by atoms with Gasteiger partial charge in [0.15, 0.2) is 0 Å². The number of hydrogen-bond donors (Lipinski definition) is 0. The van der Waals surface area contributed by atoms with E-state index in [1.165, 1.54) is 11.1 Å². The SMILES string of the molecule is CCCOc1ccc(C(Cl)Cc2cccc(C)c2)cc1Br. The number of rotatable bonds is 6. The molecule has 2 aromatic rings. The van der Waals surface area contributed by atoms with Crippen molar-refractivity contribution in [2.24, 2.45) is 0 Å². The van der Waals surface area contributed by atoms with Crippen LogP contribution in [-0.4, -0.2) is 6.61 Å². The molecule has 0 saturated heterocycles. The smallest absolute Gasteiger partial charge is 0.133 e. The molecule has 1 atom stereocenters. The van der Waals surface area contributed by atoms with Crippen LogP contribution in [0.4, 0.5) is 0 Å². The van der Waals surface area contributed by atoms with Crippen LogP contribution in [0.5, 0.6) is 5.75 Å². The van der Waals surface area contributed by atoms with Gasteiger partial charge in [0, 0.05) is 0 Å². The average Bonchev–Trinajstić information content (AvgIpc) is 2.46. The highest BCUT2D eigenvalue weighted by atomic mass is 79.9. The normalized spacial score (nSPS) is 12.2. The minimum Gasteiger partial charge on any atom is -0.492 e. The summed E-state index contributed by atoms with van der Waals surface area (Å²) in [6.07, 6.45) is 1.82. The van der Waals surface area contributed by atoms with E-state index in [0.717, 1.165) is 35.2 Å². The molecule has 0 radical (unpaired) electrons. The molecular formula is C18H20BrClO. The standard InChI is InChI=1S/C18H20BrClO/c1-3-9-21-18-8-7-15(12-16(18)19)17(20)11-14-6-4-5-13(2)10-14/h4-8,10,12,17H,3,9,11H2,1-2H3. The summed E-state index contributed by atoms with van der Waals surface area (Å²) in [6.45, 7) is 4.92. The molecular weight excluding hydrogens is 348 g/mol. The van der Waals surface area contributed by atoms with Crippen LogP contribution < -0.4 is 4.74 Å². The molecule has 2 aromatic carbocycles. The maximum absolute atomic E-state index is 6.56. The fourth-order valence-corrected chi connectivity index (χ4v) is 3.03. The first-order chi connectivity index (χ1) is 10.1. The third kappa shape index (κ3) is 4.76. The van der Waals surface area contributed by atoms with Crippen LogP contribution >= 0.6 is 27.5 Å². The molecule has 0 aliphatic heterocycles. The van der Waals surface area contributed by atoms with Crippen molar-refractivity contribution in [3.63, 3.8) is 0 Å². The summed E-state index contributed by atoms with van der Waals surface area (Å²) in [6, 6.07) is 14.6. The van der Waals surface area contributed by atoms with Crippen molar-refractivity contribution in [2.45, 2.75) is 32.1 Å². The third-order valence-electron chi connectivity index (χ3n) is 3.28. The lowest BCUT2D eigenvalue weighted by Gasteiger charge is -2.13. The van der Waals surface area contributed by atoms with Crippen molar-refractivity contribution in [1.82, 2.24) is 0 Å². The van der Waals surface area contributed by atoms with E-state index in [-0.39, 0.29) is 5.38 Å². The predicted molar refractivity (Wildman–Crippen MR) is 93.4 cm³/mol. The molecule has 0 bridgehead atoms. The Bertz CT molecular complexity index is 598. The molecule has 0 N–H and O–H groups in total. The Morgan fingerprint density at radius 3 is 2.67 bits per heavy atom. The summed E-state index contributed by atoms with van der Waals surface area (Å²) in [5.74, 6) is 0.875. The lowest BCUT2D eigenvalue weighted by molar-refractivity contribution is 0.315. The lowest BCUT2D eigenvalue weighted by Crippen LogP contribution is -1.99. The molecule has 0 heterocycles. The van der Waals surface area contributed by atoms with Crippen molar-refractivity contribution in [3.05, 3.63) is 63.6 Å². The van der Waals surface area contributed by atoms with Crippen molar-refractivity contribution >= 4 is 27.5 Å². The van der Waals surface area contributed by atoms with Gasteiger partial charge in [-0.15, -0.1) is 11.6 Å². The summed E-state index contributed by atoms with van der Waals surface area (Å²) in [4.78, 5) is 0. The molecule has 0 aliphatic rings. The first-order valence-electron chi connectivity index (χ1n) is 7.22. The van der Waals surface area contributed by atoms with Gasteiger partial charge in [0.1, 0.15) is 5.75 Å². The van der Waals surface area contributed by atoms with Gasteiger partial charge < -0.3 is 4.74 Å². The van der Waals surface area contributed by atoms with Crippen molar-refractivity contribution < 1.29 is 4.74 Å². The average molecular weight is 368 g/mol. The Labute approximate surface area is 140 Å². The largest absolute Gasteiger partial charge is 0.492 e. The second kappa shape index (κ2) is 7.86. The molecule has 3 heteroatoms. The van der Waals surface area contributed by atoms with E-state index in [1.54, 1.807) is 0 Å². The van der Waals surface area contributed by atoms with E-state index >= 15 is 0 Å². The van der Waals surface area contributed by atoms with Gasteiger partial charge in [-0.05, 0) is 59.0 Å². The Morgan fingerprint density at radius 2 is 2.00 bits per heavy atom. The van der Waals surface area contributed by atoms with Crippen molar-refractivity contribution in [2.75, 3.05) is 6.61 Å². The van der Waals surface area contributed by atoms with Crippen LogP contribution in [0.2, 0.25) is 0 Å². The van der Waals surface area contributed by atoms with E-state index in [2.05, 4.69) is 60.1 Å². The first-order valence-corrected chi connectivity index (χ1v) is 8.45. The number of hydrogen-bond acceptors (Lipinski definition) is 1. The van der Waals surface area contributed by atoms with Crippen LogP contribution in [-0.2, 0) is 6.42 Å². The quantitative estimate of drug-likeness (QED) is 0.563. The molecule has 0 aromatic heterocycles. The van der Waals surface area contributed by atoms with Gasteiger partial charge in [-0.25, -0.2) is 0 Å². The van der Waals surface area contributed by atoms with Crippen molar-refractivity contribution in [3.8, 4) is 5.75 Å². The van der Waals surface area contributed by atoms with E-state index in [1.807, 2.05) is 12.1 Å². The Kier molecular flexibility index (Phi) is 6.13. The van der Waals surface area contributed by atoms with Gasteiger partial charge in [-0.2, -0.15) is 0 Å². The second-order valence-corrected chi connectivity index (χ2v) is 6.58. The minimum atomic E-state index is -0.0386. The number of aryl methyl sites for hydroxylation is 1. The highest BCUT2D eigenvalue weighted by molar-refractivity contribution is 9.10. The van der Waals surface area contributed by atoms with E-state index < -0.39 is 0 Å². The van der Waals surface area contributed by atoms with Crippen LogP contribution in [0.15, 0.2) is 46.9 Å². The number of ether oxygens (including phenoxy) is 1. The van der Waals surface area contributed by atoms with Crippen LogP contribution in [0, 0.1) is 6.92 Å². The van der Waals surface area contributed by atoms with Gasteiger partial charge in [0.2, 0.25) is 0 Å². The molecule has 2 rings (SSSR count). The highest BCUT2D eigenvalue weighted by Gasteiger charge is 2.11. The summed E-state index contributed by atoms with van der Waals surface area (Å²) < 4.78 is 6.63. The van der Waals surface area contributed by atoms with Crippen LogP contribution in [0.3, 0.4) is 0 Å². The van der Waals surface area contributed by atoms with Crippen LogP contribution in [0.1, 0.15) is 35.4 Å². The Balaban J connectivity index is 2.08. The molecule has 0 fully saturated rings. The van der Waals surface area contributed by atoms with Gasteiger partial charge in [0.25, 0.3) is 0 Å². The molecule has 0 amide bonds. The van der Waals surface area contributed by atoms with Gasteiger partial charge in [0.05, 0.1) is 16.5 Å². The topological polar surface area (TPSA) is 9.23 Å². The molecule has 112 valence electrons. The van der Waals surface area contributed by atoms with Gasteiger partial charge in [-0.1, -0.05) is 42.8 Å². The summed E-state index contributed by atoms with van der Waals surface area (Å²) >= 11 is 10.1. The molecule has 0 saturated carbocycles. The molecule has 21 heavy (non-hydrogen) atoms. The van der Waals surface area contributed by atoms with E-state index in [4.69, 9.17) is 16.3 Å². The van der Waals surface area contributed by atoms with Gasteiger partial charge >= 0.3 is 0 Å². The molecule has 1 nitrogen and oxygen atoms in total. The monoisotopic (exact) mass is 366 g/mol. The molecule has 0 spiro atoms. The second-order valence-electron chi connectivity index (χ2n) is 5.20. The fraction of sp³-hybridized carbons (Fsp3) is 0.333. The molecule has 0 aliphatic carbocycles. The Hall–Kier alpha value is -0.990. The van der Waals surface area contributed by atoms with E-state index in [9.17, 15) is 0 Å². The van der Waals surface area contributed by atoms with Crippen molar-refractivity contribution in [1.29, 1.82) is 0 Å². The molecule has 1 unspecified atom stereocenters. The summed E-state index contributed by atoms with van der Waals surface area (Å²) in [5.41, 5.74) is 3.63. The predicted octanol–water partition coefficient (Wildman–Crippen LogP) is 6.07. The number of benzene rings is 2.